The van der Waals surface area contributed by atoms with Gasteiger partial charge in [-0.15, -0.1) is 0 Å². The van der Waals surface area contributed by atoms with E-state index in [-0.39, 0.29) is 4.87 Å². The zero-order valence-corrected chi connectivity index (χ0v) is 15.3. The molecule has 1 fully saturated rings. The maximum Gasteiger partial charge on any atom is 0.307 e. The highest BCUT2D eigenvalue weighted by atomic mass is 32.1. The second-order valence-corrected chi connectivity index (χ2v) is 7.43. The van der Waals surface area contributed by atoms with E-state index in [0.29, 0.717) is 0 Å². The molecular weight excluding hydrogens is 334 g/mol. The minimum atomic E-state index is 0.156. The van der Waals surface area contributed by atoms with Crippen LogP contribution in [0.3, 0.4) is 0 Å². The summed E-state index contributed by atoms with van der Waals surface area (Å²) < 4.78 is 3.96. The highest BCUT2D eigenvalue weighted by Crippen LogP contribution is 2.10. The summed E-state index contributed by atoms with van der Waals surface area (Å²) in [5.74, 6) is 0. The second kappa shape index (κ2) is 7.11. The van der Waals surface area contributed by atoms with E-state index in [2.05, 4.69) is 25.4 Å². The first-order chi connectivity index (χ1) is 12.2. The van der Waals surface area contributed by atoms with Crippen LogP contribution in [-0.4, -0.2) is 56.5 Å². The Balaban J connectivity index is 1.28. The standard InChI is InChI=1S/C18H23N5OS/c1-15-14-25-18(24)23(15)11-10-20-6-8-21(9-7-20)12-16-13-22-5-3-2-4-17(22)19-16/h2-5,13-14H,6-12H2,1H3. The number of nitrogens with zero attached hydrogens (tertiary/aromatic N) is 5. The van der Waals surface area contributed by atoms with Crippen molar-refractivity contribution >= 4 is 17.0 Å². The van der Waals surface area contributed by atoms with E-state index in [4.69, 9.17) is 0 Å². The number of pyridine rings is 1. The van der Waals surface area contributed by atoms with Crippen LogP contribution in [0.15, 0.2) is 40.8 Å². The molecule has 1 aliphatic heterocycles. The molecule has 4 rings (SSSR count). The molecule has 6 nitrogen and oxygen atoms in total. The molecule has 3 aromatic rings. The Morgan fingerprint density at radius 2 is 1.92 bits per heavy atom. The van der Waals surface area contributed by atoms with Gasteiger partial charge in [0.05, 0.1) is 5.69 Å². The number of fused-ring (bicyclic) bond motifs is 1. The van der Waals surface area contributed by atoms with Gasteiger partial charge in [-0.3, -0.25) is 14.6 Å². The quantitative estimate of drug-likeness (QED) is 0.697. The lowest BCUT2D eigenvalue weighted by atomic mass is 10.3. The van der Waals surface area contributed by atoms with Crippen LogP contribution in [0.2, 0.25) is 0 Å². The van der Waals surface area contributed by atoms with Crippen molar-refractivity contribution in [2.24, 2.45) is 0 Å². The molecule has 0 spiro atoms. The summed E-state index contributed by atoms with van der Waals surface area (Å²) in [6, 6.07) is 6.08. The zero-order chi connectivity index (χ0) is 17.2. The number of piperazine rings is 1. The molecule has 0 amide bonds. The van der Waals surface area contributed by atoms with Gasteiger partial charge >= 0.3 is 4.87 Å². The van der Waals surface area contributed by atoms with Gasteiger partial charge in [0.15, 0.2) is 0 Å². The fraction of sp³-hybridized carbons (Fsp3) is 0.444. The number of hydrogen-bond acceptors (Lipinski definition) is 5. The van der Waals surface area contributed by atoms with Crippen LogP contribution in [0.1, 0.15) is 11.4 Å². The van der Waals surface area contributed by atoms with Crippen LogP contribution in [0.4, 0.5) is 0 Å². The lowest BCUT2D eigenvalue weighted by molar-refractivity contribution is 0.123. The molecule has 0 saturated carbocycles. The first-order valence-electron chi connectivity index (χ1n) is 8.71. The Bertz CT molecular complexity index is 870. The summed E-state index contributed by atoms with van der Waals surface area (Å²) in [5.41, 5.74) is 3.20. The van der Waals surface area contributed by atoms with Crippen molar-refractivity contribution in [2.45, 2.75) is 20.0 Å². The molecule has 3 aromatic heterocycles. The van der Waals surface area contributed by atoms with E-state index in [1.165, 1.54) is 11.3 Å². The number of rotatable bonds is 5. The predicted octanol–water partition coefficient (Wildman–Crippen LogP) is 1.68. The highest BCUT2D eigenvalue weighted by Gasteiger charge is 2.18. The van der Waals surface area contributed by atoms with E-state index in [0.717, 1.165) is 62.8 Å². The van der Waals surface area contributed by atoms with Crippen LogP contribution < -0.4 is 4.87 Å². The average Bonchev–Trinajstić information content (AvgIpc) is 3.17. The largest absolute Gasteiger partial charge is 0.307 e. The normalized spacial score (nSPS) is 16.7. The zero-order valence-electron chi connectivity index (χ0n) is 14.5. The molecule has 0 radical (unpaired) electrons. The molecule has 0 bridgehead atoms. The van der Waals surface area contributed by atoms with Crippen LogP contribution in [-0.2, 0) is 13.1 Å². The van der Waals surface area contributed by atoms with Gasteiger partial charge in [0.2, 0.25) is 0 Å². The lowest BCUT2D eigenvalue weighted by Gasteiger charge is -2.34. The van der Waals surface area contributed by atoms with Crippen LogP contribution in [0, 0.1) is 6.92 Å². The molecule has 0 unspecified atom stereocenters. The van der Waals surface area contributed by atoms with Gasteiger partial charge in [0.1, 0.15) is 5.65 Å². The highest BCUT2D eigenvalue weighted by molar-refractivity contribution is 7.07. The van der Waals surface area contributed by atoms with Gasteiger partial charge in [0, 0.05) is 69.3 Å². The van der Waals surface area contributed by atoms with Gasteiger partial charge in [-0.05, 0) is 19.1 Å². The fourth-order valence-corrected chi connectivity index (χ4v) is 4.14. The third-order valence-electron chi connectivity index (χ3n) is 4.88. The number of imidazole rings is 1. The SMILES string of the molecule is Cc1csc(=O)n1CCN1CCN(Cc2cn3ccccc3n2)CC1. The smallest absolute Gasteiger partial charge is 0.307 e. The molecule has 0 atom stereocenters. The molecule has 0 aliphatic carbocycles. The fourth-order valence-electron chi connectivity index (χ4n) is 3.38. The maximum absolute atomic E-state index is 11.8. The number of aromatic nitrogens is 3. The average molecular weight is 357 g/mol. The summed E-state index contributed by atoms with van der Waals surface area (Å²) >= 11 is 1.29. The first-order valence-corrected chi connectivity index (χ1v) is 9.59. The van der Waals surface area contributed by atoms with Crippen LogP contribution >= 0.6 is 11.3 Å². The van der Waals surface area contributed by atoms with Gasteiger partial charge < -0.3 is 8.97 Å². The van der Waals surface area contributed by atoms with Gasteiger partial charge in [-0.25, -0.2) is 4.98 Å². The Hall–Kier alpha value is -1.96. The molecular formula is C18H23N5OS. The summed E-state index contributed by atoms with van der Waals surface area (Å²) in [7, 11) is 0. The van der Waals surface area contributed by atoms with Gasteiger partial charge in [-0.1, -0.05) is 17.4 Å². The Kier molecular flexibility index (Phi) is 4.70. The molecule has 0 aromatic carbocycles. The van der Waals surface area contributed by atoms with Crippen molar-refractivity contribution in [1.29, 1.82) is 0 Å². The molecule has 1 saturated heterocycles. The van der Waals surface area contributed by atoms with E-state index < -0.39 is 0 Å². The van der Waals surface area contributed by atoms with Crippen molar-refractivity contribution in [2.75, 3.05) is 32.7 Å². The summed E-state index contributed by atoms with van der Waals surface area (Å²) in [4.78, 5) is 21.5. The summed E-state index contributed by atoms with van der Waals surface area (Å²) in [5, 5.41) is 1.94. The molecule has 1 aliphatic rings. The van der Waals surface area contributed by atoms with Crippen molar-refractivity contribution in [3.63, 3.8) is 0 Å². The molecule has 7 heteroatoms. The topological polar surface area (TPSA) is 45.8 Å². The molecule has 4 heterocycles. The molecule has 132 valence electrons. The third-order valence-corrected chi connectivity index (χ3v) is 5.76. The van der Waals surface area contributed by atoms with Gasteiger partial charge in [0.25, 0.3) is 0 Å². The van der Waals surface area contributed by atoms with Crippen molar-refractivity contribution in [3.05, 3.63) is 57.0 Å². The minimum absolute atomic E-state index is 0.156. The van der Waals surface area contributed by atoms with Crippen LogP contribution in [0.25, 0.3) is 5.65 Å². The summed E-state index contributed by atoms with van der Waals surface area (Å²) in [6.07, 6.45) is 4.16. The third kappa shape index (κ3) is 3.68. The Morgan fingerprint density at radius 3 is 2.64 bits per heavy atom. The molecule has 25 heavy (non-hydrogen) atoms. The minimum Gasteiger partial charge on any atom is -0.307 e. The number of thiazole rings is 1. The second-order valence-electron chi connectivity index (χ2n) is 6.61. The molecule has 0 N–H and O–H groups in total. The van der Waals surface area contributed by atoms with Crippen molar-refractivity contribution < 1.29 is 0 Å². The predicted molar refractivity (Wildman–Crippen MR) is 100 cm³/mol. The van der Waals surface area contributed by atoms with E-state index in [1.807, 2.05) is 41.3 Å². The number of aryl methyl sites for hydroxylation is 1. The monoisotopic (exact) mass is 357 g/mol. The first kappa shape index (κ1) is 16.5. The maximum atomic E-state index is 11.8. The lowest BCUT2D eigenvalue weighted by Crippen LogP contribution is -2.47. The summed E-state index contributed by atoms with van der Waals surface area (Å²) in [6.45, 7) is 8.83. The Labute approximate surface area is 150 Å². The van der Waals surface area contributed by atoms with Crippen LogP contribution in [0.5, 0.6) is 0 Å². The van der Waals surface area contributed by atoms with Crippen molar-refractivity contribution in [3.8, 4) is 0 Å². The van der Waals surface area contributed by atoms with E-state index >= 15 is 0 Å². The van der Waals surface area contributed by atoms with Gasteiger partial charge in [-0.2, -0.15) is 0 Å². The van der Waals surface area contributed by atoms with E-state index in [1.54, 1.807) is 0 Å². The number of hydrogen-bond donors (Lipinski definition) is 0. The van der Waals surface area contributed by atoms with Crippen molar-refractivity contribution in [1.82, 2.24) is 23.8 Å². The Morgan fingerprint density at radius 1 is 1.12 bits per heavy atom. The van der Waals surface area contributed by atoms with E-state index in [9.17, 15) is 4.79 Å².